The molecule has 2 rings (SSSR count). The van der Waals surface area contributed by atoms with Crippen molar-refractivity contribution in [2.75, 3.05) is 13.2 Å². The second-order valence-corrected chi connectivity index (χ2v) is 4.42. The van der Waals surface area contributed by atoms with E-state index in [-0.39, 0.29) is 13.2 Å². The van der Waals surface area contributed by atoms with Gasteiger partial charge in [-0.1, -0.05) is 36.4 Å². The lowest BCUT2D eigenvalue weighted by Gasteiger charge is -2.12. The highest BCUT2D eigenvalue weighted by Crippen LogP contribution is 2.08. The number of benzene rings is 2. The van der Waals surface area contributed by atoms with Crippen LogP contribution < -0.4 is 4.74 Å². The normalized spacial score (nSPS) is 12.9. The second-order valence-electron chi connectivity index (χ2n) is 4.42. The van der Waals surface area contributed by atoms with Crippen LogP contribution in [0.1, 0.15) is 5.56 Å². The van der Waals surface area contributed by atoms with Crippen LogP contribution in [0.4, 0.5) is 0 Å². The van der Waals surface area contributed by atoms with Crippen LogP contribution in [0.15, 0.2) is 60.7 Å². The summed E-state index contributed by atoms with van der Waals surface area (Å²) in [6.07, 6.45) is 0.610. The molecule has 0 heterocycles. The minimum absolute atomic E-state index is 0.0261. The first kappa shape index (κ1) is 14.1. The molecule has 0 radical (unpaired) electrons. The Morgan fingerprint density at radius 2 is 1.65 bits per heavy atom. The summed E-state index contributed by atoms with van der Waals surface area (Å²) >= 11 is 0. The summed E-state index contributed by atoms with van der Waals surface area (Å²) in [5, 5.41) is 21.5. The maximum absolute atomic E-state index is 11.7. The van der Waals surface area contributed by atoms with Gasteiger partial charge in [0.25, 0.3) is 0 Å². The molecule has 4 nitrogen and oxygen atoms in total. The number of aliphatic hydroxyl groups is 1. The van der Waals surface area contributed by atoms with Gasteiger partial charge in [-0.15, -0.1) is 0 Å². The van der Waals surface area contributed by atoms with E-state index in [4.69, 9.17) is 4.74 Å². The molecular weight excluding hydrogens is 254 g/mol. The van der Waals surface area contributed by atoms with E-state index in [0.717, 1.165) is 5.56 Å². The van der Waals surface area contributed by atoms with Crippen LogP contribution in [0.5, 0.6) is 5.75 Å². The average Bonchev–Trinajstić information content (AvgIpc) is 2.47. The predicted octanol–water partition coefficient (Wildman–Crippen LogP) is 2.06. The van der Waals surface area contributed by atoms with Gasteiger partial charge < -0.3 is 15.1 Å². The van der Waals surface area contributed by atoms with Crippen molar-refractivity contribution in [3.63, 3.8) is 0 Å². The van der Waals surface area contributed by atoms with Gasteiger partial charge in [0.1, 0.15) is 18.5 Å². The van der Waals surface area contributed by atoms with E-state index in [2.05, 4.69) is 0 Å². The summed E-state index contributed by atoms with van der Waals surface area (Å²) in [6, 6.07) is 18.5. The molecule has 0 bridgehead atoms. The monoisotopic (exact) mass is 271 g/mol. The van der Waals surface area contributed by atoms with Gasteiger partial charge >= 0.3 is 0 Å². The van der Waals surface area contributed by atoms with Gasteiger partial charge in [-0.25, -0.2) is 4.74 Å². The molecule has 0 fully saturated rings. The Morgan fingerprint density at radius 1 is 1.05 bits per heavy atom. The summed E-state index contributed by atoms with van der Waals surface area (Å²) in [7, 11) is 0. The van der Waals surface area contributed by atoms with E-state index in [1.165, 1.54) is 6.21 Å². The molecule has 0 aliphatic rings. The number of rotatable bonds is 6. The first-order valence-electron chi connectivity index (χ1n) is 6.43. The predicted molar refractivity (Wildman–Crippen MR) is 78.0 cm³/mol. The Hall–Kier alpha value is -2.33. The highest BCUT2D eigenvalue weighted by molar-refractivity contribution is 5.75. The summed E-state index contributed by atoms with van der Waals surface area (Å²) < 4.78 is 6.11. The molecule has 0 aliphatic heterocycles. The molecule has 0 amide bonds. The van der Waals surface area contributed by atoms with Crippen molar-refractivity contribution in [1.82, 2.24) is 0 Å². The highest BCUT2D eigenvalue weighted by atomic mass is 16.5. The van der Waals surface area contributed by atoms with Crippen LogP contribution >= 0.6 is 0 Å². The fraction of sp³-hybridized carbons (Fsp3) is 0.188. The van der Waals surface area contributed by atoms with Gasteiger partial charge in [-0.3, -0.25) is 0 Å². The van der Waals surface area contributed by atoms with Crippen LogP contribution in [-0.4, -0.2) is 35.3 Å². The maximum Gasteiger partial charge on any atom is 0.182 e. The standard InChI is InChI=1S/C16H17NO3/c18-15(13-20-16-9-5-2-6-10-16)12-17(19)11-14-7-3-1-4-8-14/h1-11,15,18H,12-13H2/b17-11+. The van der Waals surface area contributed by atoms with Gasteiger partial charge in [0, 0.05) is 5.56 Å². The lowest BCUT2D eigenvalue weighted by atomic mass is 10.2. The lowest BCUT2D eigenvalue weighted by molar-refractivity contribution is -0.464. The Bertz CT molecular complexity index is 540. The lowest BCUT2D eigenvalue weighted by Crippen LogP contribution is -2.27. The Morgan fingerprint density at radius 3 is 2.30 bits per heavy atom. The van der Waals surface area contributed by atoms with E-state index in [0.29, 0.717) is 10.5 Å². The summed E-state index contributed by atoms with van der Waals surface area (Å²) in [4.78, 5) is 0. The first-order chi connectivity index (χ1) is 9.74. The molecule has 2 aromatic rings. The summed E-state index contributed by atoms with van der Waals surface area (Å²) in [5.41, 5.74) is 0.804. The summed E-state index contributed by atoms with van der Waals surface area (Å²) in [5.74, 6) is 0.677. The minimum Gasteiger partial charge on any atom is -0.624 e. The smallest absolute Gasteiger partial charge is 0.182 e. The minimum atomic E-state index is -0.840. The number of hydroxylamine groups is 1. The van der Waals surface area contributed by atoms with E-state index in [9.17, 15) is 10.3 Å². The molecule has 0 saturated heterocycles. The van der Waals surface area contributed by atoms with E-state index in [1.807, 2.05) is 48.5 Å². The van der Waals surface area contributed by atoms with Gasteiger partial charge in [0.05, 0.1) is 0 Å². The van der Waals surface area contributed by atoms with Crippen molar-refractivity contribution >= 4 is 6.21 Å². The van der Waals surface area contributed by atoms with Gasteiger partial charge in [-0.05, 0) is 24.3 Å². The van der Waals surface area contributed by atoms with Crippen molar-refractivity contribution in [1.29, 1.82) is 0 Å². The first-order valence-corrected chi connectivity index (χ1v) is 6.43. The Kier molecular flexibility index (Phi) is 5.15. The largest absolute Gasteiger partial charge is 0.624 e. The number of hydrogen-bond donors (Lipinski definition) is 1. The van der Waals surface area contributed by atoms with Gasteiger partial charge in [0.2, 0.25) is 0 Å². The fourth-order valence-electron chi connectivity index (χ4n) is 1.73. The molecule has 0 aromatic heterocycles. The molecule has 0 spiro atoms. The zero-order chi connectivity index (χ0) is 14.2. The fourth-order valence-corrected chi connectivity index (χ4v) is 1.73. The van der Waals surface area contributed by atoms with Gasteiger partial charge in [-0.2, -0.15) is 0 Å². The highest BCUT2D eigenvalue weighted by Gasteiger charge is 2.10. The zero-order valence-corrected chi connectivity index (χ0v) is 11.1. The SMILES string of the molecule is [O-]/[N+](=C/c1ccccc1)CC(O)COc1ccccc1. The quantitative estimate of drug-likeness (QED) is 0.379. The van der Waals surface area contributed by atoms with E-state index >= 15 is 0 Å². The van der Waals surface area contributed by atoms with Crippen LogP contribution in [-0.2, 0) is 0 Å². The number of aliphatic hydroxyl groups excluding tert-OH is 1. The van der Waals surface area contributed by atoms with E-state index < -0.39 is 6.10 Å². The second kappa shape index (κ2) is 7.31. The van der Waals surface area contributed by atoms with Crippen molar-refractivity contribution in [2.24, 2.45) is 0 Å². The Balaban J connectivity index is 1.82. The van der Waals surface area contributed by atoms with Crippen molar-refractivity contribution in [2.45, 2.75) is 6.10 Å². The van der Waals surface area contributed by atoms with Crippen LogP contribution in [0.25, 0.3) is 0 Å². The zero-order valence-electron chi connectivity index (χ0n) is 11.1. The number of nitrogens with zero attached hydrogens (tertiary/aromatic N) is 1. The third-order valence-corrected chi connectivity index (χ3v) is 2.67. The molecule has 2 aromatic carbocycles. The molecular formula is C16H17NO3. The van der Waals surface area contributed by atoms with Crippen LogP contribution in [0.2, 0.25) is 0 Å². The van der Waals surface area contributed by atoms with Crippen molar-refractivity contribution < 1.29 is 14.6 Å². The molecule has 0 saturated carbocycles. The molecule has 1 unspecified atom stereocenters. The molecule has 1 atom stereocenters. The van der Waals surface area contributed by atoms with Crippen molar-refractivity contribution in [3.05, 3.63) is 71.4 Å². The third-order valence-electron chi connectivity index (χ3n) is 2.67. The molecule has 0 aliphatic carbocycles. The third kappa shape index (κ3) is 4.74. The van der Waals surface area contributed by atoms with Crippen LogP contribution in [0.3, 0.4) is 0 Å². The molecule has 4 heteroatoms. The molecule has 104 valence electrons. The van der Waals surface area contributed by atoms with Crippen LogP contribution in [0, 0.1) is 5.21 Å². The maximum atomic E-state index is 11.7. The summed E-state index contributed by atoms with van der Waals surface area (Å²) in [6.45, 7) is 0.0626. The molecule has 20 heavy (non-hydrogen) atoms. The number of para-hydroxylation sites is 1. The number of hydrogen-bond acceptors (Lipinski definition) is 3. The van der Waals surface area contributed by atoms with Gasteiger partial charge in [0.15, 0.2) is 12.8 Å². The topological polar surface area (TPSA) is 55.5 Å². The molecule has 1 N–H and O–H groups in total. The Labute approximate surface area is 118 Å². The van der Waals surface area contributed by atoms with E-state index in [1.54, 1.807) is 12.1 Å². The van der Waals surface area contributed by atoms with Crippen molar-refractivity contribution in [3.8, 4) is 5.75 Å². The number of ether oxygens (including phenoxy) is 1. The average molecular weight is 271 g/mol.